The largest absolute Gasteiger partial charge is 0.507 e. The fraction of sp³-hybridized carbons (Fsp3) is 0.448. The van der Waals surface area contributed by atoms with Crippen molar-refractivity contribution in [2.75, 3.05) is 34.0 Å². The van der Waals surface area contributed by atoms with E-state index in [1.54, 1.807) is 36.4 Å². The molecule has 1 N–H and O–H groups in total. The van der Waals surface area contributed by atoms with E-state index in [9.17, 15) is 14.7 Å². The van der Waals surface area contributed by atoms with Crippen LogP contribution in [0, 0.1) is 6.92 Å². The first-order chi connectivity index (χ1) is 17.7. The molecule has 1 saturated heterocycles. The molecule has 3 rings (SSSR count). The third-order valence-electron chi connectivity index (χ3n) is 6.17. The zero-order chi connectivity index (χ0) is 27.1. The van der Waals surface area contributed by atoms with Gasteiger partial charge >= 0.3 is 0 Å². The number of nitrogens with zero attached hydrogens (tertiary/aromatic N) is 1. The van der Waals surface area contributed by atoms with Crippen molar-refractivity contribution in [2.24, 2.45) is 0 Å². The summed E-state index contributed by atoms with van der Waals surface area (Å²) in [4.78, 5) is 28.0. The number of aryl methyl sites for hydroxylation is 1. The van der Waals surface area contributed by atoms with Crippen molar-refractivity contribution in [2.45, 2.75) is 52.7 Å². The number of ketones is 1. The number of likely N-dealkylation sites (tertiary alicyclic amines) is 1. The first-order valence-electron chi connectivity index (χ1n) is 12.6. The number of aliphatic hydroxyl groups is 1. The lowest BCUT2D eigenvalue weighted by Gasteiger charge is -2.26. The van der Waals surface area contributed by atoms with E-state index in [4.69, 9.17) is 18.9 Å². The van der Waals surface area contributed by atoms with Gasteiger partial charge in [-0.25, -0.2) is 0 Å². The van der Waals surface area contributed by atoms with Gasteiger partial charge in [0.15, 0.2) is 11.5 Å². The van der Waals surface area contributed by atoms with E-state index in [1.807, 2.05) is 27.7 Å². The predicted octanol–water partition coefficient (Wildman–Crippen LogP) is 5.04. The average molecular weight is 512 g/mol. The van der Waals surface area contributed by atoms with Crippen molar-refractivity contribution in [3.8, 4) is 17.2 Å². The number of benzene rings is 2. The topological polar surface area (TPSA) is 94.5 Å². The number of hydrogen-bond donors (Lipinski definition) is 1. The van der Waals surface area contributed by atoms with Gasteiger partial charge in [-0.1, -0.05) is 13.0 Å². The van der Waals surface area contributed by atoms with Crippen molar-refractivity contribution in [3.05, 3.63) is 58.7 Å². The molecule has 1 amide bonds. The predicted molar refractivity (Wildman–Crippen MR) is 141 cm³/mol. The first-order valence-corrected chi connectivity index (χ1v) is 12.6. The molecule has 2 aromatic rings. The van der Waals surface area contributed by atoms with E-state index in [-0.39, 0.29) is 24.0 Å². The lowest BCUT2D eigenvalue weighted by atomic mass is 9.94. The van der Waals surface area contributed by atoms with Gasteiger partial charge in [-0.15, -0.1) is 0 Å². The van der Waals surface area contributed by atoms with Crippen molar-refractivity contribution < 1.29 is 33.6 Å². The summed E-state index contributed by atoms with van der Waals surface area (Å²) in [5.74, 6) is 0.0648. The lowest BCUT2D eigenvalue weighted by Crippen LogP contribution is -2.31. The lowest BCUT2D eigenvalue weighted by molar-refractivity contribution is -0.140. The SMILES string of the molecule is CCCOc1ccc(/C(O)=C2/C(=O)C(=O)N(CCCOC(C)C)C2c2ccc(OC)c(OC)c2)cc1C. The number of Topliss-reactive ketones (excluding diaryl/α,β-unsaturated/α-hetero) is 1. The molecule has 8 nitrogen and oxygen atoms in total. The Balaban J connectivity index is 2.08. The second-order valence-electron chi connectivity index (χ2n) is 9.21. The van der Waals surface area contributed by atoms with E-state index < -0.39 is 17.7 Å². The maximum atomic E-state index is 13.3. The number of hydrogen-bond acceptors (Lipinski definition) is 7. The van der Waals surface area contributed by atoms with Crippen LogP contribution in [-0.2, 0) is 14.3 Å². The van der Waals surface area contributed by atoms with E-state index >= 15 is 0 Å². The third-order valence-corrected chi connectivity index (χ3v) is 6.17. The van der Waals surface area contributed by atoms with Crippen molar-refractivity contribution in [3.63, 3.8) is 0 Å². The second-order valence-corrected chi connectivity index (χ2v) is 9.21. The van der Waals surface area contributed by atoms with Crippen LogP contribution in [0.3, 0.4) is 0 Å². The quantitative estimate of drug-likeness (QED) is 0.185. The molecular formula is C29H37NO7. The van der Waals surface area contributed by atoms with Gasteiger partial charge in [0.25, 0.3) is 11.7 Å². The highest BCUT2D eigenvalue weighted by atomic mass is 16.5. The molecule has 8 heteroatoms. The van der Waals surface area contributed by atoms with Crippen LogP contribution in [0.5, 0.6) is 17.2 Å². The molecule has 200 valence electrons. The number of methoxy groups -OCH3 is 2. The molecule has 2 aromatic carbocycles. The molecule has 1 aliphatic heterocycles. The van der Waals surface area contributed by atoms with E-state index in [0.29, 0.717) is 48.0 Å². The number of amides is 1. The van der Waals surface area contributed by atoms with Crippen LogP contribution in [0.15, 0.2) is 42.0 Å². The molecule has 37 heavy (non-hydrogen) atoms. The third kappa shape index (κ3) is 6.25. The van der Waals surface area contributed by atoms with E-state index in [2.05, 4.69) is 0 Å². The Morgan fingerprint density at radius 2 is 1.70 bits per heavy atom. The molecule has 1 atom stereocenters. The first kappa shape index (κ1) is 28.1. The molecule has 1 fully saturated rings. The zero-order valence-electron chi connectivity index (χ0n) is 22.5. The Kier molecular flexibility index (Phi) is 9.58. The highest BCUT2D eigenvalue weighted by Gasteiger charge is 2.46. The standard InChI is InChI=1S/C29H37NO7/c1-7-14-37-22-11-10-21(16-19(22)4)27(31)25-26(20-9-12-23(34-5)24(17-20)35-6)30(29(33)28(25)32)13-8-15-36-18(2)3/h9-12,16-18,26,31H,7-8,13-15H2,1-6H3/b27-25-. The average Bonchev–Trinajstić information content (AvgIpc) is 3.14. The fourth-order valence-electron chi connectivity index (χ4n) is 4.36. The minimum absolute atomic E-state index is 0.0311. The van der Waals surface area contributed by atoms with Crippen LogP contribution in [0.2, 0.25) is 0 Å². The van der Waals surface area contributed by atoms with Gasteiger partial charge in [0.1, 0.15) is 11.5 Å². The Morgan fingerprint density at radius 1 is 1.00 bits per heavy atom. The highest BCUT2D eigenvalue weighted by Crippen LogP contribution is 2.42. The van der Waals surface area contributed by atoms with Gasteiger partial charge in [0, 0.05) is 18.7 Å². The normalized spacial score (nSPS) is 16.9. The molecule has 1 unspecified atom stereocenters. The van der Waals surface area contributed by atoms with Gasteiger partial charge in [-0.3, -0.25) is 9.59 Å². The molecular weight excluding hydrogens is 474 g/mol. The summed E-state index contributed by atoms with van der Waals surface area (Å²) < 4.78 is 22.2. The smallest absolute Gasteiger partial charge is 0.295 e. The summed E-state index contributed by atoms with van der Waals surface area (Å²) in [6.45, 7) is 9.09. The number of aliphatic hydroxyl groups excluding tert-OH is 1. The minimum atomic E-state index is -0.796. The Labute approximate surface area is 218 Å². The number of rotatable bonds is 12. The summed E-state index contributed by atoms with van der Waals surface area (Å²) in [6, 6.07) is 9.65. The van der Waals surface area contributed by atoms with Crippen molar-refractivity contribution in [1.82, 2.24) is 4.90 Å². The molecule has 1 aliphatic rings. The summed E-state index contributed by atoms with van der Waals surface area (Å²) in [5.41, 5.74) is 1.92. The number of ether oxygens (including phenoxy) is 4. The van der Waals surface area contributed by atoms with E-state index in [0.717, 1.165) is 12.0 Å². The van der Waals surface area contributed by atoms with Crippen molar-refractivity contribution >= 4 is 17.4 Å². The fourth-order valence-corrected chi connectivity index (χ4v) is 4.36. The van der Waals surface area contributed by atoms with Crippen LogP contribution in [0.4, 0.5) is 0 Å². The van der Waals surface area contributed by atoms with Crippen LogP contribution < -0.4 is 14.2 Å². The summed E-state index contributed by atoms with van der Waals surface area (Å²) in [7, 11) is 3.06. The molecule has 0 aromatic heterocycles. The molecule has 0 aliphatic carbocycles. The summed E-state index contributed by atoms with van der Waals surface area (Å²) >= 11 is 0. The molecule has 0 bridgehead atoms. The zero-order valence-corrected chi connectivity index (χ0v) is 22.5. The number of carbonyl (C=O) groups is 2. The Hall–Kier alpha value is -3.52. The molecule has 0 saturated carbocycles. The number of carbonyl (C=O) groups excluding carboxylic acids is 2. The van der Waals surface area contributed by atoms with Gasteiger partial charge < -0.3 is 29.0 Å². The van der Waals surface area contributed by atoms with Gasteiger partial charge in [-0.05, 0) is 75.1 Å². The van der Waals surface area contributed by atoms with Crippen LogP contribution >= 0.6 is 0 Å². The molecule has 1 heterocycles. The van der Waals surface area contributed by atoms with Gasteiger partial charge in [0.05, 0.1) is 38.5 Å². The second kappa shape index (κ2) is 12.6. The van der Waals surface area contributed by atoms with Gasteiger partial charge in [-0.2, -0.15) is 0 Å². The maximum absolute atomic E-state index is 13.3. The Morgan fingerprint density at radius 3 is 2.32 bits per heavy atom. The molecule has 0 spiro atoms. The highest BCUT2D eigenvalue weighted by molar-refractivity contribution is 6.46. The van der Waals surface area contributed by atoms with Crippen molar-refractivity contribution in [1.29, 1.82) is 0 Å². The maximum Gasteiger partial charge on any atom is 0.295 e. The summed E-state index contributed by atoms with van der Waals surface area (Å²) in [6.07, 6.45) is 1.47. The van der Waals surface area contributed by atoms with Crippen LogP contribution in [0.25, 0.3) is 5.76 Å². The van der Waals surface area contributed by atoms with Gasteiger partial charge in [0.2, 0.25) is 0 Å². The monoisotopic (exact) mass is 511 g/mol. The molecule has 0 radical (unpaired) electrons. The van der Waals surface area contributed by atoms with Crippen LogP contribution in [-0.4, -0.2) is 61.8 Å². The minimum Gasteiger partial charge on any atom is -0.507 e. The summed E-state index contributed by atoms with van der Waals surface area (Å²) in [5, 5.41) is 11.4. The van der Waals surface area contributed by atoms with Crippen LogP contribution in [0.1, 0.15) is 56.3 Å². The van der Waals surface area contributed by atoms with E-state index in [1.165, 1.54) is 19.1 Å². The Bertz CT molecular complexity index is 1150.